The first-order valence-corrected chi connectivity index (χ1v) is 12.8. The lowest BCUT2D eigenvalue weighted by Crippen LogP contribution is -2.58. The molecule has 0 aliphatic carbocycles. The summed E-state index contributed by atoms with van der Waals surface area (Å²) in [6.45, 7) is 6.49. The Balaban J connectivity index is 1.61. The van der Waals surface area contributed by atoms with E-state index in [1.807, 2.05) is 55.9 Å². The van der Waals surface area contributed by atoms with Crippen LogP contribution in [-0.4, -0.2) is 33.6 Å². The van der Waals surface area contributed by atoms with Crippen molar-refractivity contribution in [2.75, 3.05) is 0 Å². The summed E-state index contributed by atoms with van der Waals surface area (Å²) >= 11 is 0. The third-order valence-electron chi connectivity index (χ3n) is 8.05. The summed E-state index contributed by atoms with van der Waals surface area (Å²) in [5, 5.41) is 18.3. The number of hydrogen-bond acceptors (Lipinski definition) is 5. The van der Waals surface area contributed by atoms with E-state index in [9.17, 15) is 18.0 Å². The number of allylic oxidation sites excluding steroid dienone is 1. The third-order valence-corrected chi connectivity index (χ3v) is 8.05. The molecular formula is C27H29F3N6O. The van der Waals surface area contributed by atoms with Gasteiger partial charge in [0, 0.05) is 41.0 Å². The SMILES string of the molecule is CC[C@]1(c2cccc(-c3cnn4c3CCCC4)c2)C2=C(CC(C)(C)NC2=O)NC2N=NC(C(F)(F)F)=C21. The van der Waals surface area contributed by atoms with Gasteiger partial charge in [0.2, 0.25) is 0 Å². The van der Waals surface area contributed by atoms with Crippen LogP contribution in [0.4, 0.5) is 13.2 Å². The van der Waals surface area contributed by atoms with E-state index in [2.05, 4.69) is 26.0 Å². The molecule has 0 fully saturated rings. The predicted octanol–water partition coefficient (Wildman–Crippen LogP) is 5.30. The molecule has 194 valence electrons. The number of aryl methyl sites for hydroxylation is 1. The number of aromatic nitrogens is 2. The van der Waals surface area contributed by atoms with Crippen LogP contribution in [0.15, 0.2) is 63.2 Å². The summed E-state index contributed by atoms with van der Waals surface area (Å²) < 4.78 is 44.9. The standard InChI is InChI=1S/C27H29F3N6O/c1-4-26(16-9-7-8-15(12-16)17-14-31-36-11-6-5-10-19(17)36)20-18(13-25(2,3)33-24(20)37)32-23-21(26)22(34-35-23)27(28,29)30/h7-9,12,14,23,32H,4-6,10-11,13H2,1-3H3,(H,33,37)/t23?,26-/m0/s1. The topological polar surface area (TPSA) is 83.7 Å². The number of benzene rings is 1. The summed E-state index contributed by atoms with van der Waals surface area (Å²) in [4.78, 5) is 13.7. The number of amides is 1. The number of fused-ring (bicyclic) bond motifs is 2. The molecule has 2 N–H and O–H groups in total. The summed E-state index contributed by atoms with van der Waals surface area (Å²) in [6.07, 6.45) is -0.109. The second kappa shape index (κ2) is 8.03. The van der Waals surface area contributed by atoms with Crippen LogP contribution in [-0.2, 0) is 23.2 Å². The molecule has 0 saturated carbocycles. The van der Waals surface area contributed by atoms with Crippen molar-refractivity contribution in [3.05, 3.63) is 64.3 Å². The fraction of sp³-hybridized carbons (Fsp3) is 0.481. The molecule has 4 aliphatic rings. The lowest BCUT2D eigenvalue weighted by atomic mass is 9.61. The van der Waals surface area contributed by atoms with Gasteiger partial charge in [-0.15, -0.1) is 5.11 Å². The second-order valence-corrected chi connectivity index (χ2v) is 10.9. The lowest BCUT2D eigenvalue weighted by molar-refractivity contribution is -0.120. The highest BCUT2D eigenvalue weighted by molar-refractivity contribution is 6.00. The Labute approximate surface area is 212 Å². The Kier molecular flexibility index (Phi) is 5.20. The number of carbonyl (C=O) groups is 1. The number of nitrogens with zero attached hydrogens (tertiary/aromatic N) is 4. The van der Waals surface area contributed by atoms with Crippen LogP contribution in [0.5, 0.6) is 0 Å². The highest BCUT2D eigenvalue weighted by Gasteiger charge is 2.57. The molecule has 1 aromatic heterocycles. The van der Waals surface area contributed by atoms with E-state index in [1.165, 1.54) is 0 Å². The molecule has 7 nitrogen and oxygen atoms in total. The smallest absolute Gasteiger partial charge is 0.362 e. The quantitative estimate of drug-likeness (QED) is 0.588. The minimum Gasteiger partial charge on any atom is -0.362 e. The van der Waals surface area contributed by atoms with E-state index in [0.717, 1.165) is 42.6 Å². The lowest BCUT2D eigenvalue weighted by Gasteiger charge is -2.48. The molecule has 10 heteroatoms. The molecule has 5 heterocycles. The first kappa shape index (κ1) is 23.9. The molecule has 1 amide bonds. The second-order valence-electron chi connectivity index (χ2n) is 10.9. The molecule has 2 aromatic rings. The van der Waals surface area contributed by atoms with Gasteiger partial charge in [0.15, 0.2) is 11.9 Å². The highest BCUT2D eigenvalue weighted by Crippen LogP contribution is 2.55. The van der Waals surface area contributed by atoms with Gasteiger partial charge in [-0.3, -0.25) is 9.48 Å². The minimum atomic E-state index is -4.71. The number of nitrogens with one attached hydrogen (secondary N) is 2. The van der Waals surface area contributed by atoms with E-state index in [4.69, 9.17) is 0 Å². The van der Waals surface area contributed by atoms with Gasteiger partial charge in [0.1, 0.15) is 0 Å². The summed E-state index contributed by atoms with van der Waals surface area (Å²) in [6, 6.07) is 7.56. The van der Waals surface area contributed by atoms with Crippen molar-refractivity contribution in [2.45, 2.75) is 82.7 Å². The van der Waals surface area contributed by atoms with Gasteiger partial charge in [0.25, 0.3) is 5.91 Å². The van der Waals surface area contributed by atoms with Crippen molar-refractivity contribution in [3.8, 4) is 11.1 Å². The van der Waals surface area contributed by atoms with Gasteiger partial charge in [-0.2, -0.15) is 23.4 Å². The molecule has 1 aromatic carbocycles. The fourth-order valence-corrected chi connectivity index (χ4v) is 6.54. The Morgan fingerprint density at radius 3 is 2.78 bits per heavy atom. The van der Waals surface area contributed by atoms with Crippen LogP contribution in [0.25, 0.3) is 11.1 Å². The predicted molar refractivity (Wildman–Crippen MR) is 131 cm³/mol. The molecule has 2 atom stereocenters. The number of azo groups is 1. The number of carbonyl (C=O) groups excluding carboxylic acids is 1. The van der Waals surface area contributed by atoms with Crippen LogP contribution >= 0.6 is 0 Å². The molecule has 0 radical (unpaired) electrons. The van der Waals surface area contributed by atoms with E-state index >= 15 is 0 Å². The molecule has 6 rings (SSSR count). The van der Waals surface area contributed by atoms with Crippen molar-refractivity contribution in [2.24, 2.45) is 10.2 Å². The average molecular weight is 511 g/mol. The van der Waals surface area contributed by atoms with Crippen LogP contribution in [0.1, 0.15) is 57.7 Å². The van der Waals surface area contributed by atoms with E-state index in [-0.39, 0.29) is 17.9 Å². The minimum absolute atomic E-state index is 0.00899. The molecular weight excluding hydrogens is 481 g/mol. The maximum Gasteiger partial charge on any atom is 0.435 e. The molecule has 0 bridgehead atoms. The number of rotatable bonds is 3. The fourth-order valence-electron chi connectivity index (χ4n) is 6.54. The van der Waals surface area contributed by atoms with Gasteiger partial charge in [-0.1, -0.05) is 25.1 Å². The third kappa shape index (κ3) is 3.55. The molecule has 0 spiro atoms. The van der Waals surface area contributed by atoms with Crippen LogP contribution in [0.3, 0.4) is 0 Å². The van der Waals surface area contributed by atoms with Gasteiger partial charge in [-0.25, -0.2) is 0 Å². The summed E-state index contributed by atoms with van der Waals surface area (Å²) in [5.74, 6) is -0.367. The summed E-state index contributed by atoms with van der Waals surface area (Å²) in [5.41, 5.74) is 1.64. The Morgan fingerprint density at radius 2 is 2.03 bits per heavy atom. The Morgan fingerprint density at radius 1 is 1.22 bits per heavy atom. The van der Waals surface area contributed by atoms with Gasteiger partial charge in [-0.05, 0) is 56.7 Å². The van der Waals surface area contributed by atoms with Crippen LogP contribution < -0.4 is 10.6 Å². The zero-order chi connectivity index (χ0) is 26.2. The van der Waals surface area contributed by atoms with Crippen molar-refractivity contribution in [3.63, 3.8) is 0 Å². The molecule has 37 heavy (non-hydrogen) atoms. The van der Waals surface area contributed by atoms with Crippen LogP contribution in [0.2, 0.25) is 0 Å². The normalized spacial score (nSPS) is 26.4. The van der Waals surface area contributed by atoms with E-state index in [1.54, 1.807) is 0 Å². The van der Waals surface area contributed by atoms with Crippen LogP contribution in [0, 0.1) is 0 Å². The molecule has 4 aliphatic heterocycles. The van der Waals surface area contributed by atoms with Gasteiger partial charge in [0.05, 0.1) is 17.2 Å². The Bertz CT molecular complexity index is 1400. The van der Waals surface area contributed by atoms with Gasteiger partial charge < -0.3 is 10.6 Å². The molecule has 1 unspecified atom stereocenters. The van der Waals surface area contributed by atoms with E-state index in [0.29, 0.717) is 23.3 Å². The Hall–Kier alpha value is -3.43. The van der Waals surface area contributed by atoms with Crippen molar-refractivity contribution in [1.82, 2.24) is 20.4 Å². The van der Waals surface area contributed by atoms with Crippen molar-refractivity contribution in [1.29, 1.82) is 0 Å². The van der Waals surface area contributed by atoms with E-state index < -0.39 is 29.0 Å². The monoisotopic (exact) mass is 510 g/mol. The first-order valence-electron chi connectivity index (χ1n) is 12.8. The van der Waals surface area contributed by atoms with Gasteiger partial charge >= 0.3 is 6.18 Å². The zero-order valence-corrected chi connectivity index (χ0v) is 21.0. The largest absolute Gasteiger partial charge is 0.435 e. The number of halogens is 3. The maximum absolute atomic E-state index is 14.3. The van der Waals surface area contributed by atoms with Crippen molar-refractivity contribution >= 4 is 5.91 Å². The number of alkyl halides is 3. The first-order chi connectivity index (χ1) is 17.5. The van der Waals surface area contributed by atoms with Crippen molar-refractivity contribution < 1.29 is 18.0 Å². The molecule has 0 saturated heterocycles. The highest BCUT2D eigenvalue weighted by atomic mass is 19.4. The zero-order valence-electron chi connectivity index (χ0n) is 21.0. The number of hydrogen-bond donors (Lipinski definition) is 2. The average Bonchev–Trinajstić information content (AvgIpc) is 3.46. The summed E-state index contributed by atoms with van der Waals surface area (Å²) in [7, 11) is 0. The maximum atomic E-state index is 14.3.